The molecule has 4 heteroatoms. The zero-order valence-corrected chi connectivity index (χ0v) is 14.0. The summed E-state index contributed by atoms with van der Waals surface area (Å²) in [6, 6.07) is 6.53. The fourth-order valence-electron chi connectivity index (χ4n) is 2.51. The minimum atomic E-state index is 0.153. The van der Waals surface area contributed by atoms with E-state index in [4.69, 9.17) is 4.74 Å². The van der Waals surface area contributed by atoms with Crippen LogP contribution in [0.15, 0.2) is 18.2 Å². The van der Waals surface area contributed by atoms with Gasteiger partial charge in [-0.05, 0) is 32.9 Å². The zero-order chi connectivity index (χ0) is 15.8. The van der Waals surface area contributed by atoms with Crippen molar-refractivity contribution in [3.8, 4) is 5.75 Å². The van der Waals surface area contributed by atoms with Gasteiger partial charge in [0.15, 0.2) is 0 Å². The van der Waals surface area contributed by atoms with Crippen LogP contribution in [0.25, 0.3) is 0 Å². The Kier molecular flexibility index (Phi) is 7.54. The van der Waals surface area contributed by atoms with Gasteiger partial charge in [0, 0.05) is 43.1 Å². The van der Waals surface area contributed by atoms with Gasteiger partial charge in [-0.2, -0.15) is 0 Å². The molecule has 0 aliphatic carbocycles. The van der Waals surface area contributed by atoms with E-state index in [0.29, 0.717) is 18.4 Å². The minimum Gasteiger partial charge on any atom is -0.508 e. The van der Waals surface area contributed by atoms with E-state index in [1.807, 2.05) is 12.1 Å². The highest BCUT2D eigenvalue weighted by Gasteiger charge is 2.16. The maximum atomic E-state index is 10.3. The quantitative estimate of drug-likeness (QED) is 0.733. The van der Waals surface area contributed by atoms with Crippen LogP contribution in [-0.4, -0.2) is 38.0 Å². The number of phenols is 1. The molecule has 2 unspecified atom stereocenters. The van der Waals surface area contributed by atoms with Crippen LogP contribution in [-0.2, 0) is 4.74 Å². The van der Waals surface area contributed by atoms with E-state index >= 15 is 0 Å². The third kappa shape index (κ3) is 4.90. The molecular formula is C17H30N2O2. The number of rotatable bonds is 9. The van der Waals surface area contributed by atoms with Crippen molar-refractivity contribution in [2.24, 2.45) is 0 Å². The SMILES string of the molecule is CCNC(C)c1ccc(N(CCOC)C(C)CC)cc1O. The number of methoxy groups -OCH3 is 1. The van der Waals surface area contributed by atoms with E-state index in [2.05, 4.69) is 44.0 Å². The highest BCUT2D eigenvalue weighted by Crippen LogP contribution is 2.30. The lowest BCUT2D eigenvalue weighted by Crippen LogP contribution is -2.35. The van der Waals surface area contributed by atoms with Gasteiger partial charge >= 0.3 is 0 Å². The first kappa shape index (κ1) is 17.8. The molecule has 0 aliphatic rings. The Labute approximate surface area is 129 Å². The number of hydrogen-bond acceptors (Lipinski definition) is 4. The Hall–Kier alpha value is -1.26. The van der Waals surface area contributed by atoms with Gasteiger partial charge in [0.2, 0.25) is 0 Å². The van der Waals surface area contributed by atoms with Gasteiger partial charge in [0.1, 0.15) is 5.75 Å². The maximum Gasteiger partial charge on any atom is 0.122 e. The first-order valence-corrected chi connectivity index (χ1v) is 7.86. The van der Waals surface area contributed by atoms with Gasteiger partial charge in [0.05, 0.1) is 6.61 Å². The molecule has 1 rings (SSSR count). The molecule has 0 saturated carbocycles. The molecule has 0 amide bonds. The standard InChI is InChI=1S/C17H30N2O2/c1-6-13(3)19(10-11-21-5)15-8-9-16(17(20)12-15)14(4)18-7-2/h8-9,12-14,18,20H,6-7,10-11H2,1-5H3. The molecule has 0 fully saturated rings. The molecule has 0 heterocycles. The Morgan fingerprint density at radius 3 is 2.52 bits per heavy atom. The molecule has 0 saturated heterocycles. The van der Waals surface area contributed by atoms with Gasteiger partial charge in [-0.1, -0.05) is 19.9 Å². The third-order valence-electron chi connectivity index (χ3n) is 3.98. The molecule has 0 aromatic heterocycles. The highest BCUT2D eigenvalue weighted by atomic mass is 16.5. The Bertz CT molecular complexity index is 423. The van der Waals surface area contributed by atoms with Gasteiger partial charge in [-0.3, -0.25) is 0 Å². The van der Waals surface area contributed by atoms with E-state index in [0.717, 1.165) is 30.8 Å². The van der Waals surface area contributed by atoms with Crippen LogP contribution >= 0.6 is 0 Å². The summed E-state index contributed by atoms with van der Waals surface area (Å²) in [6.07, 6.45) is 1.06. The van der Waals surface area contributed by atoms with E-state index in [-0.39, 0.29) is 6.04 Å². The second kappa shape index (κ2) is 8.90. The number of hydrogen-bond donors (Lipinski definition) is 2. The third-order valence-corrected chi connectivity index (χ3v) is 3.98. The summed E-state index contributed by atoms with van der Waals surface area (Å²) in [5, 5.41) is 13.6. The molecular weight excluding hydrogens is 264 g/mol. The average Bonchev–Trinajstić information content (AvgIpc) is 2.47. The summed E-state index contributed by atoms with van der Waals surface area (Å²) in [7, 11) is 1.72. The fraction of sp³-hybridized carbons (Fsp3) is 0.647. The van der Waals surface area contributed by atoms with Crippen LogP contribution in [0, 0.1) is 0 Å². The molecule has 0 radical (unpaired) electrons. The topological polar surface area (TPSA) is 44.7 Å². The molecule has 2 N–H and O–H groups in total. The van der Waals surface area contributed by atoms with Crippen LogP contribution in [0.3, 0.4) is 0 Å². The van der Waals surface area contributed by atoms with Crippen LogP contribution in [0.2, 0.25) is 0 Å². The molecule has 0 aliphatic heterocycles. The molecule has 4 nitrogen and oxygen atoms in total. The van der Waals surface area contributed by atoms with Gasteiger partial charge in [0.25, 0.3) is 0 Å². The van der Waals surface area contributed by atoms with Crippen LogP contribution < -0.4 is 10.2 Å². The lowest BCUT2D eigenvalue weighted by Gasteiger charge is -2.31. The zero-order valence-electron chi connectivity index (χ0n) is 14.0. The lowest BCUT2D eigenvalue weighted by atomic mass is 10.1. The fourth-order valence-corrected chi connectivity index (χ4v) is 2.51. The van der Waals surface area contributed by atoms with Crippen molar-refractivity contribution >= 4 is 5.69 Å². The van der Waals surface area contributed by atoms with Crippen molar-refractivity contribution in [1.82, 2.24) is 5.32 Å². The van der Waals surface area contributed by atoms with Gasteiger partial charge in [-0.15, -0.1) is 0 Å². The smallest absolute Gasteiger partial charge is 0.122 e. The van der Waals surface area contributed by atoms with Crippen molar-refractivity contribution in [2.75, 3.05) is 31.7 Å². The van der Waals surface area contributed by atoms with Crippen LogP contribution in [0.1, 0.15) is 45.7 Å². The van der Waals surface area contributed by atoms with E-state index in [1.165, 1.54) is 0 Å². The normalized spacial score (nSPS) is 14.0. The van der Waals surface area contributed by atoms with Crippen molar-refractivity contribution < 1.29 is 9.84 Å². The molecule has 2 atom stereocenters. The monoisotopic (exact) mass is 294 g/mol. The van der Waals surface area contributed by atoms with E-state index < -0.39 is 0 Å². The predicted molar refractivity (Wildman–Crippen MR) is 89.2 cm³/mol. The predicted octanol–water partition coefficient (Wildman–Crippen LogP) is 3.31. The van der Waals surface area contributed by atoms with Crippen LogP contribution in [0.4, 0.5) is 5.69 Å². The lowest BCUT2D eigenvalue weighted by molar-refractivity contribution is 0.203. The minimum absolute atomic E-state index is 0.153. The molecule has 120 valence electrons. The summed E-state index contributed by atoms with van der Waals surface area (Å²) in [5.74, 6) is 0.353. The Morgan fingerprint density at radius 2 is 2.00 bits per heavy atom. The van der Waals surface area contributed by atoms with Crippen molar-refractivity contribution in [1.29, 1.82) is 0 Å². The highest BCUT2D eigenvalue weighted by molar-refractivity contribution is 5.54. The number of nitrogens with zero attached hydrogens (tertiary/aromatic N) is 1. The molecule has 0 bridgehead atoms. The van der Waals surface area contributed by atoms with Crippen molar-refractivity contribution in [3.05, 3.63) is 23.8 Å². The molecule has 1 aromatic carbocycles. The van der Waals surface area contributed by atoms with Crippen molar-refractivity contribution in [2.45, 2.75) is 46.2 Å². The second-order valence-corrected chi connectivity index (χ2v) is 5.47. The number of nitrogens with one attached hydrogen (secondary N) is 1. The first-order chi connectivity index (χ1) is 10.0. The summed E-state index contributed by atoms with van der Waals surface area (Å²) in [6.45, 7) is 10.9. The summed E-state index contributed by atoms with van der Waals surface area (Å²) >= 11 is 0. The van der Waals surface area contributed by atoms with E-state index in [9.17, 15) is 5.11 Å². The molecule has 1 aromatic rings. The molecule has 0 spiro atoms. The van der Waals surface area contributed by atoms with E-state index in [1.54, 1.807) is 7.11 Å². The van der Waals surface area contributed by atoms with Gasteiger partial charge < -0.3 is 20.1 Å². The second-order valence-electron chi connectivity index (χ2n) is 5.47. The number of benzene rings is 1. The number of ether oxygens (including phenoxy) is 1. The Balaban J connectivity index is 2.97. The number of anilines is 1. The average molecular weight is 294 g/mol. The summed E-state index contributed by atoms with van der Waals surface area (Å²) < 4.78 is 5.20. The molecule has 21 heavy (non-hydrogen) atoms. The van der Waals surface area contributed by atoms with Gasteiger partial charge in [-0.25, -0.2) is 0 Å². The van der Waals surface area contributed by atoms with Crippen LogP contribution in [0.5, 0.6) is 5.75 Å². The first-order valence-electron chi connectivity index (χ1n) is 7.86. The largest absolute Gasteiger partial charge is 0.508 e. The number of aromatic hydroxyl groups is 1. The Morgan fingerprint density at radius 1 is 1.29 bits per heavy atom. The summed E-state index contributed by atoms with van der Waals surface area (Å²) in [4.78, 5) is 2.28. The van der Waals surface area contributed by atoms with Crippen molar-refractivity contribution in [3.63, 3.8) is 0 Å². The maximum absolute atomic E-state index is 10.3. The summed E-state index contributed by atoms with van der Waals surface area (Å²) in [5.41, 5.74) is 1.99. The number of phenolic OH excluding ortho intramolecular Hbond substituents is 1.